The fourth-order valence-electron chi connectivity index (χ4n) is 4.68. The van der Waals surface area contributed by atoms with Gasteiger partial charge in [0, 0.05) is 11.9 Å². The van der Waals surface area contributed by atoms with E-state index in [9.17, 15) is 19.8 Å². The largest absolute Gasteiger partial charge is 2.00 e. The molecule has 0 saturated heterocycles. The Bertz CT molecular complexity index is 524. The van der Waals surface area contributed by atoms with Crippen LogP contribution in [0, 0.1) is 0 Å². The minimum absolute atomic E-state index is 0. The van der Waals surface area contributed by atoms with Crippen LogP contribution in [0.4, 0.5) is 0 Å². The Labute approximate surface area is 269 Å². The summed E-state index contributed by atoms with van der Waals surface area (Å²) in [6, 6.07) is 0. The predicted molar refractivity (Wildman–Crippen MR) is 169 cm³/mol. The monoisotopic (exact) mass is 668 g/mol. The Morgan fingerprint density at radius 1 is 0.390 bits per heavy atom. The summed E-state index contributed by atoms with van der Waals surface area (Å²) in [4.78, 5) is 20.4. The molecule has 0 aromatic rings. The molecule has 0 saturated carbocycles. The van der Waals surface area contributed by atoms with Crippen molar-refractivity contribution in [2.45, 2.75) is 194 Å². The molecule has 0 bridgehead atoms. The Morgan fingerprint density at radius 3 is 0.854 bits per heavy atom. The topological polar surface area (TPSA) is 80.3 Å². The van der Waals surface area contributed by atoms with Gasteiger partial charge < -0.3 is 19.8 Å². The van der Waals surface area contributed by atoms with Gasteiger partial charge in [0.25, 0.3) is 0 Å². The number of hydrogen-bond donors (Lipinski definition) is 0. The first-order chi connectivity index (χ1) is 19.5. The predicted octanol–water partition coefficient (Wildman–Crippen LogP) is 9.55. The maximum Gasteiger partial charge on any atom is 2.00 e. The number of carboxylic acid groups (broad SMARTS) is 2. The van der Waals surface area contributed by atoms with E-state index in [0.717, 1.165) is 38.5 Å². The van der Waals surface area contributed by atoms with Crippen LogP contribution in [-0.2, 0) is 30.0 Å². The first kappa shape index (κ1) is 44.5. The fraction of sp³-hybridized carbons (Fsp3) is 0.833. The third-order valence-electron chi connectivity index (χ3n) is 7.29. The van der Waals surface area contributed by atoms with Crippen LogP contribution < -0.4 is 10.2 Å². The second kappa shape index (κ2) is 41.2. The van der Waals surface area contributed by atoms with Gasteiger partial charge in [0.05, 0.1) is 0 Å². The summed E-state index contributed by atoms with van der Waals surface area (Å²) < 4.78 is 0. The summed E-state index contributed by atoms with van der Waals surface area (Å²) in [6.07, 6.45) is 41.8. The van der Waals surface area contributed by atoms with Crippen LogP contribution in [0.5, 0.6) is 0 Å². The third-order valence-corrected chi connectivity index (χ3v) is 7.29. The van der Waals surface area contributed by atoms with Crippen molar-refractivity contribution < 1.29 is 40.2 Å². The summed E-state index contributed by atoms with van der Waals surface area (Å²) in [5, 5.41) is 20.4. The van der Waals surface area contributed by atoms with Crippen LogP contribution in [-0.4, -0.2) is 11.9 Å². The van der Waals surface area contributed by atoms with Crippen molar-refractivity contribution >= 4 is 11.9 Å². The smallest absolute Gasteiger partial charge is 0.550 e. The van der Waals surface area contributed by atoms with Gasteiger partial charge in [-0.1, -0.05) is 141 Å². The number of rotatable bonds is 30. The van der Waals surface area contributed by atoms with Crippen molar-refractivity contribution in [2.24, 2.45) is 0 Å². The van der Waals surface area contributed by atoms with E-state index in [0.29, 0.717) is 0 Å². The Hall–Kier alpha value is -0.918. The molecule has 0 unspecified atom stereocenters. The molecule has 0 aliphatic heterocycles. The van der Waals surface area contributed by atoms with Gasteiger partial charge in [-0.05, 0) is 77.0 Å². The second-order valence-corrected chi connectivity index (χ2v) is 11.4. The van der Waals surface area contributed by atoms with Crippen molar-refractivity contribution in [2.75, 3.05) is 0 Å². The molecule has 0 N–H and O–H groups in total. The summed E-state index contributed by atoms with van der Waals surface area (Å²) in [5.41, 5.74) is 0. The van der Waals surface area contributed by atoms with Crippen LogP contribution in [0.1, 0.15) is 194 Å². The zero-order chi connectivity index (χ0) is 29.8. The van der Waals surface area contributed by atoms with Gasteiger partial charge in [-0.15, -0.1) is 0 Å². The third kappa shape index (κ3) is 49.1. The molecular weight excluding hydrogens is 603 g/mol. The molecule has 0 rings (SSSR count). The minimum atomic E-state index is -0.914. The second-order valence-electron chi connectivity index (χ2n) is 11.4. The van der Waals surface area contributed by atoms with E-state index in [1.165, 1.54) is 128 Å². The zero-order valence-electron chi connectivity index (χ0n) is 27.1. The molecular formula is C36H66O4Pd. The molecule has 4 nitrogen and oxygen atoms in total. The van der Waals surface area contributed by atoms with Crippen LogP contribution >= 0.6 is 0 Å². The molecule has 0 aliphatic rings. The van der Waals surface area contributed by atoms with Crippen molar-refractivity contribution in [1.29, 1.82) is 0 Å². The average Bonchev–Trinajstić information content (AvgIpc) is 2.93. The van der Waals surface area contributed by atoms with Crippen LogP contribution in [0.15, 0.2) is 24.3 Å². The van der Waals surface area contributed by atoms with E-state index in [-0.39, 0.29) is 33.3 Å². The average molecular weight is 669 g/mol. The Balaban J connectivity index is -0.000000688. The van der Waals surface area contributed by atoms with E-state index < -0.39 is 11.9 Å². The Morgan fingerprint density at radius 2 is 0.610 bits per heavy atom. The molecule has 5 heteroatoms. The minimum Gasteiger partial charge on any atom is -0.550 e. The summed E-state index contributed by atoms with van der Waals surface area (Å²) >= 11 is 0. The molecule has 0 atom stereocenters. The summed E-state index contributed by atoms with van der Waals surface area (Å²) in [7, 11) is 0. The molecule has 0 aromatic heterocycles. The number of carbonyl (C=O) groups excluding carboxylic acids is 2. The normalized spacial score (nSPS) is 11.0. The Kier molecular flexibility index (Phi) is 44.8. The van der Waals surface area contributed by atoms with Gasteiger partial charge in [-0.3, -0.25) is 0 Å². The number of unbranched alkanes of at least 4 members (excludes halogenated alkanes) is 22. The molecule has 0 fully saturated rings. The summed E-state index contributed by atoms with van der Waals surface area (Å²) in [6.45, 7) is 4.51. The van der Waals surface area contributed by atoms with E-state index in [4.69, 9.17) is 0 Å². The SMILES string of the molecule is CCCCCCCC/C=C\CCCCCCCC(=O)[O-].CCCCCCCC/C=C\CCCCCCCC(=O)[O-].[Pd+2]. The number of allylic oxidation sites excluding steroid dienone is 4. The number of hydrogen-bond acceptors (Lipinski definition) is 4. The standard InChI is InChI=1S/2C18H34O2.Pd/c2*1-2-3-4-5-6-7-8-9-10-11-12-13-14-15-16-17-18(19)20;/h2*9-10H,2-8,11-17H2,1H3,(H,19,20);/q;;+2/p-2/b2*10-9-;. The van der Waals surface area contributed by atoms with E-state index in [2.05, 4.69) is 38.2 Å². The van der Waals surface area contributed by atoms with Gasteiger partial charge in [0.2, 0.25) is 0 Å². The maximum atomic E-state index is 10.2. The first-order valence-corrected chi connectivity index (χ1v) is 17.2. The molecule has 41 heavy (non-hydrogen) atoms. The van der Waals surface area contributed by atoms with E-state index >= 15 is 0 Å². The molecule has 0 heterocycles. The fourth-order valence-corrected chi connectivity index (χ4v) is 4.68. The van der Waals surface area contributed by atoms with Crippen LogP contribution in [0.2, 0.25) is 0 Å². The van der Waals surface area contributed by atoms with Crippen LogP contribution in [0.25, 0.3) is 0 Å². The quantitative estimate of drug-likeness (QED) is 0.0434. The van der Waals surface area contributed by atoms with Gasteiger partial charge >= 0.3 is 20.4 Å². The molecule has 0 spiro atoms. The first-order valence-electron chi connectivity index (χ1n) is 17.2. The van der Waals surface area contributed by atoms with Crippen molar-refractivity contribution in [3.8, 4) is 0 Å². The maximum absolute atomic E-state index is 10.2. The molecule has 0 radical (unpaired) electrons. The van der Waals surface area contributed by atoms with E-state index in [1.54, 1.807) is 0 Å². The molecule has 0 aliphatic carbocycles. The van der Waals surface area contributed by atoms with Gasteiger partial charge in [0.15, 0.2) is 0 Å². The van der Waals surface area contributed by atoms with Gasteiger partial charge in [0.1, 0.15) is 0 Å². The van der Waals surface area contributed by atoms with Crippen molar-refractivity contribution in [3.63, 3.8) is 0 Å². The zero-order valence-corrected chi connectivity index (χ0v) is 28.6. The van der Waals surface area contributed by atoms with Crippen molar-refractivity contribution in [3.05, 3.63) is 24.3 Å². The number of carboxylic acids is 2. The molecule has 0 aromatic carbocycles. The summed E-state index contributed by atoms with van der Waals surface area (Å²) in [5.74, 6) is -1.83. The number of carbonyl (C=O) groups is 2. The molecule has 0 amide bonds. The van der Waals surface area contributed by atoms with Crippen molar-refractivity contribution in [1.82, 2.24) is 0 Å². The van der Waals surface area contributed by atoms with E-state index in [1.807, 2.05) is 0 Å². The number of aliphatic carboxylic acids is 2. The van der Waals surface area contributed by atoms with Crippen LogP contribution in [0.3, 0.4) is 0 Å². The van der Waals surface area contributed by atoms with Gasteiger partial charge in [-0.25, -0.2) is 0 Å². The van der Waals surface area contributed by atoms with Gasteiger partial charge in [-0.2, -0.15) is 0 Å². The molecule has 244 valence electrons.